The molecule has 0 saturated carbocycles. The van der Waals surface area contributed by atoms with Gasteiger partial charge in [0.25, 0.3) is 0 Å². The Morgan fingerprint density at radius 1 is 0.509 bits per heavy atom. The molecule has 3 heteroatoms. The number of ether oxygens (including phenoxy) is 1. The number of furan rings is 1. The van der Waals surface area contributed by atoms with Crippen LogP contribution in [0.25, 0.3) is 71.5 Å². The summed E-state index contributed by atoms with van der Waals surface area (Å²) < 4.78 is 13.2. The minimum atomic E-state index is -0.172. The molecule has 0 bridgehead atoms. The highest BCUT2D eigenvalue weighted by Crippen LogP contribution is 2.47. The van der Waals surface area contributed by atoms with Gasteiger partial charge in [-0.15, -0.1) is 0 Å². The summed E-state index contributed by atoms with van der Waals surface area (Å²) in [7, 11) is 0. The molecule has 2 heterocycles. The second-order valence-electron chi connectivity index (χ2n) is 14.8. The summed E-state index contributed by atoms with van der Waals surface area (Å²) in [4.78, 5) is 2.34. The van der Waals surface area contributed by atoms with Crippen LogP contribution in [0.15, 0.2) is 205 Å². The fourth-order valence-electron chi connectivity index (χ4n) is 8.89. The third-order valence-corrected chi connectivity index (χ3v) is 11.6. The van der Waals surface area contributed by atoms with E-state index in [0.717, 1.165) is 61.3 Å². The zero-order valence-corrected chi connectivity index (χ0v) is 31.2. The van der Waals surface area contributed by atoms with Gasteiger partial charge in [-0.1, -0.05) is 176 Å². The molecular weight excluding hydrogens is 695 g/mol. The van der Waals surface area contributed by atoms with Gasteiger partial charge in [0, 0.05) is 33.3 Å². The average molecular weight is 732 g/mol. The van der Waals surface area contributed by atoms with Crippen molar-refractivity contribution in [2.45, 2.75) is 12.0 Å². The number of hydrogen-bond donors (Lipinski definition) is 0. The van der Waals surface area contributed by atoms with Crippen LogP contribution in [0.4, 0.5) is 17.1 Å². The third-order valence-electron chi connectivity index (χ3n) is 11.6. The van der Waals surface area contributed by atoms with Gasteiger partial charge in [0.1, 0.15) is 17.4 Å². The first kappa shape index (κ1) is 33.0. The second kappa shape index (κ2) is 13.4. The van der Waals surface area contributed by atoms with E-state index in [2.05, 4.69) is 193 Å². The third kappa shape index (κ3) is 5.43. The van der Waals surface area contributed by atoms with Gasteiger partial charge in [-0.3, -0.25) is 0 Å². The highest BCUT2D eigenvalue weighted by atomic mass is 16.5. The Morgan fingerprint density at radius 2 is 1.18 bits per heavy atom. The number of para-hydroxylation sites is 3. The normalized spacial score (nSPS) is 15.2. The van der Waals surface area contributed by atoms with Gasteiger partial charge in [-0.25, -0.2) is 0 Å². The number of anilines is 3. The molecule has 2 unspecified atom stereocenters. The monoisotopic (exact) mass is 731 g/mol. The molecule has 10 aromatic rings. The van der Waals surface area contributed by atoms with Gasteiger partial charge in [0.2, 0.25) is 0 Å². The molecule has 0 N–H and O–H groups in total. The first-order valence-corrected chi connectivity index (χ1v) is 19.5. The summed E-state index contributed by atoms with van der Waals surface area (Å²) in [5, 5.41) is 9.50. The van der Waals surface area contributed by atoms with E-state index in [9.17, 15) is 0 Å². The van der Waals surface area contributed by atoms with Crippen molar-refractivity contribution in [2.24, 2.45) is 0 Å². The number of nitrogens with zero attached hydrogens (tertiary/aromatic N) is 1. The summed E-state index contributed by atoms with van der Waals surface area (Å²) in [5.74, 6) is 0.957. The molecule has 270 valence electrons. The zero-order valence-electron chi connectivity index (χ0n) is 31.2. The van der Waals surface area contributed by atoms with Crippen LogP contribution in [-0.2, 0) is 0 Å². The maximum atomic E-state index is 6.68. The van der Waals surface area contributed by atoms with E-state index in [1.807, 2.05) is 18.2 Å². The molecule has 57 heavy (non-hydrogen) atoms. The molecule has 1 aliphatic rings. The minimum absolute atomic E-state index is 0.0134. The van der Waals surface area contributed by atoms with E-state index in [4.69, 9.17) is 9.15 Å². The van der Waals surface area contributed by atoms with Crippen LogP contribution in [0.3, 0.4) is 0 Å². The topological polar surface area (TPSA) is 25.6 Å². The van der Waals surface area contributed by atoms with Crippen LogP contribution in [0.1, 0.15) is 17.0 Å². The molecule has 9 aromatic carbocycles. The Morgan fingerprint density at radius 3 is 2.04 bits per heavy atom. The van der Waals surface area contributed by atoms with Crippen molar-refractivity contribution < 1.29 is 9.15 Å². The van der Waals surface area contributed by atoms with Gasteiger partial charge in [-0.05, 0) is 74.0 Å². The van der Waals surface area contributed by atoms with Gasteiger partial charge >= 0.3 is 0 Å². The van der Waals surface area contributed by atoms with E-state index in [-0.39, 0.29) is 12.0 Å². The maximum Gasteiger partial charge on any atom is 0.159 e. The molecule has 0 aliphatic carbocycles. The largest absolute Gasteiger partial charge is 0.484 e. The molecule has 0 radical (unpaired) electrons. The molecule has 11 rings (SSSR count). The molecule has 0 saturated heterocycles. The maximum absolute atomic E-state index is 6.68. The smallest absolute Gasteiger partial charge is 0.159 e. The van der Waals surface area contributed by atoms with Crippen molar-refractivity contribution in [3.8, 4) is 16.9 Å². The number of benzene rings is 9. The molecule has 0 spiro atoms. The molecular formula is C54H37NO2. The summed E-state index contributed by atoms with van der Waals surface area (Å²) >= 11 is 0. The van der Waals surface area contributed by atoms with Crippen molar-refractivity contribution in [2.75, 3.05) is 4.90 Å². The van der Waals surface area contributed by atoms with Crippen LogP contribution in [0, 0.1) is 0 Å². The quantitative estimate of drug-likeness (QED) is 0.121. The van der Waals surface area contributed by atoms with Crippen molar-refractivity contribution >= 4 is 77.4 Å². The van der Waals surface area contributed by atoms with Crippen LogP contribution in [-0.4, -0.2) is 6.10 Å². The van der Waals surface area contributed by atoms with Crippen molar-refractivity contribution in [1.82, 2.24) is 0 Å². The zero-order chi connectivity index (χ0) is 37.9. The van der Waals surface area contributed by atoms with Crippen molar-refractivity contribution in [3.05, 3.63) is 212 Å². The summed E-state index contributed by atoms with van der Waals surface area (Å²) in [6.07, 6.45) is 6.27. The van der Waals surface area contributed by atoms with Crippen LogP contribution in [0.2, 0.25) is 0 Å². The summed E-state index contributed by atoms with van der Waals surface area (Å²) in [6, 6.07) is 64.8. The summed E-state index contributed by atoms with van der Waals surface area (Å²) in [5.41, 5.74) is 9.39. The molecule has 1 aliphatic heterocycles. The number of rotatable bonds is 7. The summed E-state index contributed by atoms with van der Waals surface area (Å²) in [6.45, 7) is 4.16. The predicted octanol–water partition coefficient (Wildman–Crippen LogP) is 14.9. The highest BCUT2D eigenvalue weighted by Gasteiger charge is 2.32. The standard InChI is InChI=1S/C54H37NO2/c1-2-51-46(48-34-28-36-14-4-7-17-42(36)53(48)56-51)33-29-38-15-5-9-22-49(38)55(50-23-12-21-47-45-18-8-10-24-52(45)57-54(47)50)39-30-25-37(26-31-39)41-19-11-20-43-40-16-6-3-13-35(40)27-32-44(41)43/h2-34,46,51H,1H2/b33-29+. The van der Waals surface area contributed by atoms with E-state index < -0.39 is 0 Å². The van der Waals surface area contributed by atoms with Gasteiger partial charge in [0.15, 0.2) is 5.58 Å². The molecule has 2 atom stereocenters. The Balaban J connectivity index is 1.05. The minimum Gasteiger partial charge on any atom is -0.484 e. The van der Waals surface area contributed by atoms with E-state index in [1.165, 1.54) is 38.1 Å². The molecule has 0 fully saturated rings. The predicted molar refractivity (Wildman–Crippen MR) is 239 cm³/mol. The first-order chi connectivity index (χ1) is 28.2. The van der Waals surface area contributed by atoms with E-state index >= 15 is 0 Å². The van der Waals surface area contributed by atoms with Gasteiger partial charge in [0.05, 0.1) is 11.4 Å². The average Bonchev–Trinajstić information content (AvgIpc) is 3.85. The van der Waals surface area contributed by atoms with Gasteiger partial charge in [-0.2, -0.15) is 0 Å². The SMILES string of the molecule is C=CC1Oc2c(ccc3ccccc23)C1/C=C/c1ccccc1N(c1ccc(-c2cccc3c2ccc2ccccc23)cc1)c1cccc2c1oc1ccccc12. The Labute approximate surface area is 331 Å². The Hall–Kier alpha value is -7.36. The van der Waals surface area contributed by atoms with Crippen LogP contribution >= 0.6 is 0 Å². The second-order valence-corrected chi connectivity index (χ2v) is 14.8. The van der Waals surface area contributed by atoms with Crippen LogP contribution in [0.5, 0.6) is 5.75 Å². The van der Waals surface area contributed by atoms with Crippen LogP contribution < -0.4 is 9.64 Å². The van der Waals surface area contributed by atoms with E-state index in [1.54, 1.807) is 0 Å². The van der Waals surface area contributed by atoms with Gasteiger partial charge < -0.3 is 14.1 Å². The lowest BCUT2D eigenvalue weighted by Crippen LogP contribution is -2.14. The molecule has 1 aromatic heterocycles. The fraction of sp³-hybridized carbons (Fsp3) is 0.0370. The number of hydrogen-bond acceptors (Lipinski definition) is 3. The van der Waals surface area contributed by atoms with Crippen molar-refractivity contribution in [3.63, 3.8) is 0 Å². The lowest BCUT2D eigenvalue weighted by molar-refractivity contribution is 0.273. The fourth-order valence-corrected chi connectivity index (χ4v) is 8.89. The lowest BCUT2D eigenvalue weighted by atomic mass is 9.92. The Bertz CT molecular complexity index is 3210. The molecule has 3 nitrogen and oxygen atoms in total. The highest BCUT2D eigenvalue weighted by molar-refractivity contribution is 6.13. The first-order valence-electron chi connectivity index (χ1n) is 19.5. The van der Waals surface area contributed by atoms with E-state index in [0.29, 0.717) is 0 Å². The molecule has 0 amide bonds. The number of fused-ring (bicyclic) bond motifs is 9. The lowest BCUT2D eigenvalue weighted by Gasteiger charge is -2.27. The van der Waals surface area contributed by atoms with Crippen molar-refractivity contribution in [1.29, 1.82) is 0 Å². The Kier molecular flexibility index (Phi) is 7.78.